The smallest absolute Gasteiger partial charge is 0.285 e. The van der Waals surface area contributed by atoms with Crippen LogP contribution in [0.2, 0.25) is 0 Å². The molecule has 0 amide bonds. The molecule has 8 heavy (non-hydrogen) atoms. The fraction of sp³-hybridized carbons (Fsp3) is 1.00. The number of hydrogen-bond acceptors (Lipinski definition) is 4. The monoisotopic (exact) mass is 140 g/mol. The van der Waals surface area contributed by atoms with Gasteiger partial charge < -0.3 is 14.1 Å². The van der Waals surface area contributed by atoms with Crippen molar-refractivity contribution in [3.8, 4) is 0 Å². The van der Waals surface area contributed by atoms with Crippen molar-refractivity contribution >= 4 is 0 Å². The minimum absolute atomic E-state index is 0.0119. The summed E-state index contributed by atoms with van der Waals surface area (Å²) in [5.41, 5.74) is 0. The van der Waals surface area contributed by atoms with E-state index in [9.17, 15) is 9.32 Å². The van der Waals surface area contributed by atoms with E-state index < -0.39 is 10.8 Å². The average Bonchev–Trinajstić information content (AvgIpc) is 2.41. The Morgan fingerprint density at radius 1 is 1.75 bits per heavy atom. The molecule has 48 valence electrons. The van der Waals surface area contributed by atoms with E-state index >= 15 is 0 Å². The first-order valence-electron chi connectivity index (χ1n) is 2.09. The summed E-state index contributed by atoms with van der Waals surface area (Å²) >= 11 is 0. The van der Waals surface area contributed by atoms with Gasteiger partial charge >= 0.3 is 0 Å². The summed E-state index contributed by atoms with van der Waals surface area (Å²) < 4.78 is 28.0. The second-order valence-corrected chi connectivity index (χ2v) is 2.02. The molecular weight excluding hydrogens is 135 g/mol. The Kier molecular flexibility index (Phi) is 2.04. The molecule has 0 N–H and O–H groups in total. The lowest BCUT2D eigenvalue weighted by atomic mass is 10.5. The Morgan fingerprint density at radius 3 is 2.75 bits per heavy atom. The summed E-state index contributed by atoms with van der Waals surface area (Å²) in [6, 6.07) is 0. The van der Waals surface area contributed by atoms with Gasteiger partial charge in [0.15, 0.2) is 6.61 Å². The molecule has 0 aliphatic carbocycles. The van der Waals surface area contributed by atoms with Gasteiger partial charge in [0.05, 0.1) is 6.61 Å². The minimum Gasteiger partial charge on any atom is -0.370 e. The molecule has 1 atom stereocenters. The Bertz CT molecular complexity index is 69.7. The molecule has 1 unspecified atom stereocenters. The summed E-state index contributed by atoms with van der Waals surface area (Å²) in [7, 11) is -2.08. The van der Waals surface area contributed by atoms with Crippen molar-refractivity contribution in [2.45, 2.75) is 6.10 Å². The van der Waals surface area contributed by atoms with E-state index in [1.807, 2.05) is 0 Å². The Morgan fingerprint density at radius 2 is 2.38 bits per heavy atom. The van der Waals surface area contributed by atoms with Crippen LogP contribution in [0.25, 0.3) is 0 Å². The number of halogens is 1. The topological polar surface area (TPSA) is 67.9 Å². The fourth-order valence-electron chi connectivity index (χ4n) is 0.286. The molecule has 0 aromatic carbocycles. The van der Waals surface area contributed by atoms with Crippen LogP contribution in [0, 0.1) is 10.8 Å². The first-order valence-corrected chi connectivity index (χ1v) is 3.02. The quantitative estimate of drug-likeness (QED) is 0.406. The highest BCUT2D eigenvalue weighted by molar-refractivity contribution is 4.65. The second-order valence-electron chi connectivity index (χ2n) is 1.42. The van der Waals surface area contributed by atoms with Crippen LogP contribution in [-0.4, -0.2) is 19.3 Å². The van der Waals surface area contributed by atoms with Gasteiger partial charge in [-0.1, -0.05) is 0 Å². The normalized spacial score (nSPS) is 26.6. The average molecular weight is 141 g/mol. The van der Waals surface area contributed by atoms with Crippen LogP contribution in [0.3, 0.4) is 0 Å². The van der Waals surface area contributed by atoms with Gasteiger partial charge in [0.2, 0.25) is 0 Å². The standard InChI is InChI=1S/C3H5ClO4/c5-4(6)8-2-3-1-7-3/h3H,1-2H2. The maximum absolute atomic E-state index is 9.62. The molecule has 0 saturated carbocycles. The number of hydrogen-bond donors (Lipinski definition) is 0. The molecule has 1 heterocycles. The van der Waals surface area contributed by atoms with Gasteiger partial charge in [0.1, 0.15) is 6.10 Å². The third kappa shape index (κ3) is 2.44. The van der Waals surface area contributed by atoms with Crippen molar-refractivity contribution in [1.82, 2.24) is 0 Å². The third-order valence-corrected chi connectivity index (χ3v) is 1.04. The van der Waals surface area contributed by atoms with E-state index in [-0.39, 0.29) is 12.7 Å². The van der Waals surface area contributed by atoms with Crippen molar-refractivity contribution < 1.29 is 29.1 Å². The number of rotatable bonds is 3. The van der Waals surface area contributed by atoms with Crippen molar-refractivity contribution in [3.05, 3.63) is 0 Å². The van der Waals surface area contributed by atoms with Crippen LogP contribution in [0.15, 0.2) is 0 Å². The van der Waals surface area contributed by atoms with Gasteiger partial charge in [-0.3, -0.25) is 0 Å². The number of ether oxygens (including phenoxy) is 1. The summed E-state index contributed by atoms with van der Waals surface area (Å²) in [6.45, 7) is 0.763. The first-order chi connectivity index (χ1) is 3.79. The van der Waals surface area contributed by atoms with E-state index in [1.165, 1.54) is 0 Å². The summed E-state index contributed by atoms with van der Waals surface area (Å²) in [5, 5.41) is 0. The van der Waals surface area contributed by atoms with Crippen LogP contribution in [0.1, 0.15) is 0 Å². The molecule has 5 heteroatoms. The van der Waals surface area contributed by atoms with Crippen LogP contribution in [-0.2, 0) is 9.03 Å². The van der Waals surface area contributed by atoms with Gasteiger partial charge in [0.25, 0.3) is 10.8 Å². The van der Waals surface area contributed by atoms with Crippen molar-refractivity contribution in [1.29, 1.82) is 0 Å². The Labute approximate surface area is 49.4 Å². The molecule has 0 radical (unpaired) electrons. The van der Waals surface area contributed by atoms with Gasteiger partial charge in [-0.25, -0.2) is 0 Å². The molecule has 0 aromatic rings. The first kappa shape index (κ1) is 6.25. The molecule has 1 rings (SSSR count). The summed E-state index contributed by atoms with van der Waals surface area (Å²) in [5.74, 6) is 0. The molecule has 0 spiro atoms. The lowest BCUT2D eigenvalue weighted by molar-refractivity contribution is -1.63. The van der Waals surface area contributed by atoms with E-state index in [1.54, 1.807) is 0 Å². The van der Waals surface area contributed by atoms with E-state index in [2.05, 4.69) is 9.03 Å². The van der Waals surface area contributed by atoms with Gasteiger partial charge in [-0.05, 0) is 0 Å². The lowest BCUT2D eigenvalue weighted by Crippen LogP contribution is -2.35. The number of epoxide rings is 1. The molecule has 1 aliphatic heterocycles. The highest BCUT2D eigenvalue weighted by Gasteiger charge is 2.27. The van der Waals surface area contributed by atoms with Gasteiger partial charge in [0, 0.05) is 4.29 Å². The highest BCUT2D eigenvalue weighted by Crippen LogP contribution is 2.08. The maximum Gasteiger partial charge on any atom is 0.285 e. The lowest BCUT2D eigenvalue weighted by Gasteiger charge is -1.88. The van der Waals surface area contributed by atoms with Crippen molar-refractivity contribution in [2.75, 3.05) is 13.2 Å². The zero-order chi connectivity index (χ0) is 5.98. The predicted octanol–water partition coefficient (Wildman–Crippen LogP) is -2.51. The van der Waals surface area contributed by atoms with Gasteiger partial charge in [-0.15, -0.1) is 0 Å². The van der Waals surface area contributed by atoms with Crippen molar-refractivity contribution in [3.63, 3.8) is 0 Å². The van der Waals surface area contributed by atoms with Gasteiger partial charge in [-0.2, -0.15) is 0 Å². The third-order valence-electron chi connectivity index (χ3n) is 0.740. The molecular formula is C3H5ClO4. The molecule has 1 saturated heterocycles. The Hall–Kier alpha value is 0.130. The largest absolute Gasteiger partial charge is 0.370 e. The zero-order valence-corrected chi connectivity index (χ0v) is 4.76. The van der Waals surface area contributed by atoms with Crippen LogP contribution >= 0.6 is 0 Å². The zero-order valence-electron chi connectivity index (χ0n) is 4.00. The molecule has 4 nitrogen and oxygen atoms in total. The predicted molar refractivity (Wildman–Crippen MR) is 15.7 cm³/mol. The second kappa shape index (κ2) is 2.61. The molecule has 1 fully saturated rings. The fourth-order valence-corrected chi connectivity index (χ4v) is 0.529. The summed E-state index contributed by atoms with van der Waals surface area (Å²) in [6.07, 6.45) is 0.0119. The molecule has 0 aromatic heterocycles. The van der Waals surface area contributed by atoms with Crippen LogP contribution < -0.4 is 9.32 Å². The Balaban J connectivity index is 1.87. The van der Waals surface area contributed by atoms with Crippen LogP contribution in [0.4, 0.5) is 0 Å². The molecule has 0 bridgehead atoms. The maximum atomic E-state index is 9.62. The SMILES string of the molecule is [O-][Cl+2]([O-])OCC1CO1. The van der Waals surface area contributed by atoms with Crippen molar-refractivity contribution in [2.24, 2.45) is 0 Å². The molecule has 1 aliphatic rings. The van der Waals surface area contributed by atoms with E-state index in [4.69, 9.17) is 0 Å². The highest BCUT2D eigenvalue weighted by atomic mass is 35.6. The van der Waals surface area contributed by atoms with E-state index in [0.717, 1.165) is 0 Å². The van der Waals surface area contributed by atoms with Crippen LogP contribution in [0.5, 0.6) is 0 Å². The van der Waals surface area contributed by atoms with E-state index in [0.29, 0.717) is 6.61 Å². The summed E-state index contributed by atoms with van der Waals surface area (Å²) in [4.78, 5) is 0. The minimum atomic E-state index is -2.08.